The zero-order valence-corrected chi connectivity index (χ0v) is 23.0. The number of para-hydroxylation sites is 2. The highest BCUT2D eigenvalue weighted by Gasteiger charge is 2.31. The van der Waals surface area contributed by atoms with Gasteiger partial charge < -0.3 is 4.57 Å². The van der Waals surface area contributed by atoms with Gasteiger partial charge >= 0.3 is 0 Å². The summed E-state index contributed by atoms with van der Waals surface area (Å²) in [7, 11) is 0. The van der Waals surface area contributed by atoms with E-state index < -0.39 is 0 Å². The number of hydrogen-bond donors (Lipinski definition) is 0. The Morgan fingerprint density at radius 1 is 0.429 bits per heavy atom. The van der Waals surface area contributed by atoms with Gasteiger partial charge in [0.05, 0.1) is 11.0 Å². The smallest absolute Gasteiger partial charge is 0.0541 e. The van der Waals surface area contributed by atoms with Gasteiger partial charge in [0.25, 0.3) is 0 Å². The van der Waals surface area contributed by atoms with Gasteiger partial charge in [-0.3, -0.25) is 0 Å². The predicted molar refractivity (Wildman–Crippen MR) is 177 cm³/mol. The van der Waals surface area contributed by atoms with Crippen molar-refractivity contribution in [2.24, 2.45) is 0 Å². The maximum absolute atomic E-state index is 2.42. The average Bonchev–Trinajstić information content (AvgIpc) is 3.58. The van der Waals surface area contributed by atoms with E-state index in [2.05, 4.69) is 162 Å². The van der Waals surface area contributed by atoms with Gasteiger partial charge in [-0.25, -0.2) is 0 Å². The normalized spacial score (nSPS) is 14.0. The van der Waals surface area contributed by atoms with Gasteiger partial charge in [-0.1, -0.05) is 121 Å². The molecule has 0 spiro atoms. The fraction of sp³-hybridized carbons (Fsp3) is 0.0244. The van der Waals surface area contributed by atoms with Gasteiger partial charge in [-0.15, -0.1) is 0 Å². The van der Waals surface area contributed by atoms with Gasteiger partial charge in [0.2, 0.25) is 0 Å². The van der Waals surface area contributed by atoms with Crippen molar-refractivity contribution in [3.05, 3.63) is 174 Å². The Kier molecular flexibility index (Phi) is 5.03. The topological polar surface area (TPSA) is 4.93 Å². The molecule has 0 N–H and O–H groups in total. The Balaban J connectivity index is 1.26. The van der Waals surface area contributed by atoms with Crippen LogP contribution in [0.15, 0.2) is 158 Å². The second kappa shape index (κ2) is 9.06. The number of nitrogens with zero attached hydrogens (tertiary/aromatic N) is 1. The Morgan fingerprint density at radius 3 is 1.95 bits per heavy atom. The van der Waals surface area contributed by atoms with Gasteiger partial charge in [0.1, 0.15) is 0 Å². The van der Waals surface area contributed by atoms with Crippen molar-refractivity contribution in [2.45, 2.75) is 5.92 Å². The summed E-state index contributed by atoms with van der Waals surface area (Å²) in [5.74, 6) is 0.225. The van der Waals surface area contributed by atoms with Crippen molar-refractivity contribution in [2.75, 3.05) is 0 Å². The second-order valence-electron chi connectivity index (χ2n) is 11.3. The second-order valence-corrected chi connectivity index (χ2v) is 11.3. The van der Waals surface area contributed by atoms with Crippen LogP contribution in [0.2, 0.25) is 0 Å². The summed E-state index contributed by atoms with van der Waals surface area (Å²) in [6, 6.07) is 57.9. The fourth-order valence-electron chi connectivity index (χ4n) is 7.22. The van der Waals surface area contributed by atoms with Crippen LogP contribution in [0.4, 0.5) is 0 Å². The number of fused-ring (bicyclic) bond motifs is 8. The van der Waals surface area contributed by atoms with Gasteiger partial charge in [0, 0.05) is 22.4 Å². The first-order valence-electron chi connectivity index (χ1n) is 14.6. The highest BCUT2D eigenvalue weighted by atomic mass is 15.0. The molecule has 1 nitrogen and oxygen atoms in total. The van der Waals surface area contributed by atoms with E-state index in [1.165, 1.54) is 77.2 Å². The molecular weight excluding hydrogens is 506 g/mol. The highest BCUT2D eigenvalue weighted by Crippen LogP contribution is 2.51. The monoisotopic (exact) mass is 533 g/mol. The number of aromatic nitrogens is 1. The Morgan fingerprint density at radius 2 is 1.10 bits per heavy atom. The highest BCUT2D eigenvalue weighted by molar-refractivity contribution is 6.10. The minimum Gasteiger partial charge on any atom is -0.309 e. The lowest BCUT2D eigenvalue weighted by Crippen LogP contribution is -1.99. The molecule has 1 aliphatic rings. The van der Waals surface area contributed by atoms with Gasteiger partial charge in [-0.05, 0) is 86.1 Å². The van der Waals surface area contributed by atoms with Crippen molar-refractivity contribution in [3.8, 4) is 27.9 Å². The lowest BCUT2D eigenvalue weighted by molar-refractivity contribution is 1.03. The zero-order valence-electron chi connectivity index (χ0n) is 23.0. The molecule has 42 heavy (non-hydrogen) atoms. The average molecular weight is 534 g/mol. The molecule has 1 atom stereocenters. The summed E-state index contributed by atoms with van der Waals surface area (Å²) in [5, 5.41) is 5.20. The minimum atomic E-state index is 0.225. The molecule has 0 radical (unpaired) electrons. The van der Waals surface area contributed by atoms with Crippen LogP contribution in [0, 0.1) is 0 Å². The molecule has 0 saturated heterocycles. The predicted octanol–water partition coefficient (Wildman–Crippen LogP) is 10.8. The molecular formula is C41H27N. The molecule has 196 valence electrons. The maximum atomic E-state index is 2.42. The van der Waals surface area contributed by atoms with Crippen LogP contribution >= 0.6 is 0 Å². The van der Waals surface area contributed by atoms with Crippen LogP contribution < -0.4 is 0 Å². The molecule has 0 amide bonds. The van der Waals surface area contributed by atoms with E-state index in [1.807, 2.05) is 0 Å². The standard InChI is InChI=1S/C41H27N/c1-3-12-28(13-4-1)40-34-23-20-29(25-36(34)35-22-19-27-11-7-8-16-32(27)41(35)40)30-21-24-39-37(26-30)33-17-9-10-18-38(33)42(39)31-14-5-2-6-15-31/h1-26,40H. The third-order valence-corrected chi connectivity index (χ3v) is 9.07. The van der Waals surface area contributed by atoms with E-state index in [0.29, 0.717) is 0 Å². The molecule has 1 heteroatoms. The summed E-state index contributed by atoms with van der Waals surface area (Å²) in [6.45, 7) is 0. The molecule has 0 fully saturated rings. The lowest BCUT2D eigenvalue weighted by atomic mass is 9.86. The summed E-state index contributed by atoms with van der Waals surface area (Å²) in [4.78, 5) is 0. The van der Waals surface area contributed by atoms with E-state index in [-0.39, 0.29) is 5.92 Å². The van der Waals surface area contributed by atoms with Gasteiger partial charge in [-0.2, -0.15) is 0 Å². The largest absolute Gasteiger partial charge is 0.309 e. The lowest BCUT2D eigenvalue weighted by Gasteiger charge is -2.16. The van der Waals surface area contributed by atoms with Crippen molar-refractivity contribution in [1.82, 2.24) is 4.57 Å². The third-order valence-electron chi connectivity index (χ3n) is 9.07. The van der Waals surface area contributed by atoms with E-state index in [4.69, 9.17) is 0 Å². The first-order valence-corrected chi connectivity index (χ1v) is 14.6. The van der Waals surface area contributed by atoms with Crippen molar-refractivity contribution in [1.29, 1.82) is 0 Å². The van der Waals surface area contributed by atoms with Crippen LogP contribution in [0.3, 0.4) is 0 Å². The molecule has 0 bridgehead atoms. The van der Waals surface area contributed by atoms with Crippen LogP contribution in [0.1, 0.15) is 22.6 Å². The molecule has 7 aromatic carbocycles. The SMILES string of the molecule is c1ccc(C2c3ccc(-c4ccc5c(c4)c4ccccc4n5-c4ccccc4)cc3-c3ccc4ccccc4c32)cc1. The Labute approximate surface area is 244 Å². The zero-order chi connectivity index (χ0) is 27.6. The minimum absolute atomic E-state index is 0.225. The fourth-order valence-corrected chi connectivity index (χ4v) is 7.22. The molecule has 1 unspecified atom stereocenters. The number of benzene rings is 7. The molecule has 1 aliphatic carbocycles. The van der Waals surface area contributed by atoms with Crippen molar-refractivity contribution in [3.63, 3.8) is 0 Å². The first kappa shape index (κ1) is 23.3. The molecule has 8 aromatic rings. The van der Waals surface area contributed by atoms with E-state index in [1.54, 1.807) is 0 Å². The summed E-state index contributed by atoms with van der Waals surface area (Å²) < 4.78 is 2.38. The Bertz CT molecular complexity index is 2290. The molecule has 0 aliphatic heterocycles. The number of rotatable bonds is 3. The molecule has 0 saturated carbocycles. The van der Waals surface area contributed by atoms with Crippen molar-refractivity contribution >= 4 is 32.6 Å². The molecule has 1 heterocycles. The van der Waals surface area contributed by atoms with Crippen LogP contribution in [-0.4, -0.2) is 4.57 Å². The summed E-state index contributed by atoms with van der Waals surface area (Å²) in [5.41, 5.74) is 13.0. The third kappa shape index (κ3) is 3.37. The van der Waals surface area contributed by atoms with E-state index in [9.17, 15) is 0 Å². The molecule has 1 aromatic heterocycles. The maximum Gasteiger partial charge on any atom is 0.0541 e. The summed E-state index contributed by atoms with van der Waals surface area (Å²) >= 11 is 0. The first-order chi connectivity index (χ1) is 20.8. The van der Waals surface area contributed by atoms with Crippen molar-refractivity contribution < 1.29 is 0 Å². The molecule has 9 rings (SSSR count). The van der Waals surface area contributed by atoms with E-state index >= 15 is 0 Å². The summed E-state index contributed by atoms with van der Waals surface area (Å²) in [6.07, 6.45) is 0. The van der Waals surface area contributed by atoms with Crippen LogP contribution in [0.25, 0.3) is 60.5 Å². The quantitative estimate of drug-likeness (QED) is 0.213. The number of hydrogen-bond acceptors (Lipinski definition) is 0. The Hall–Kier alpha value is -5.40. The van der Waals surface area contributed by atoms with Crippen LogP contribution in [0.5, 0.6) is 0 Å². The van der Waals surface area contributed by atoms with Crippen LogP contribution in [-0.2, 0) is 0 Å². The van der Waals surface area contributed by atoms with E-state index in [0.717, 1.165) is 0 Å². The van der Waals surface area contributed by atoms with Gasteiger partial charge in [0.15, 0.2) is 0 Å².